The number of nitrogens with two attached hydrogens (primary N) is 1. The zero-order valence-electron chi connectivity index (χ0n) is 20.4. The van der Waals surface area contributed by atoms with Crippen LogP contribution in [-0.2, 0) is 4.74 Å². The molecule has 6 rings (SSSR count). The zero-order valence-corrected chi connectivity index (χ0v) is 22.0. The van der Waals surface area contributed by atoms with E-state index < -0.39 is 5.91 Å². The molecule has 2 saturated heterocycles. The minimum absolute atomic E-state index is 0. The Balaban J connectivity index is 0.00000294. The van der Waals surface area contributed by atoms with Crippen LogP contribution >= 0.6 is 23.7 Å². The number of nitrogens with zero attached hydrogens (tertiary/aromatic N) is 6. The Bertz CT molecular complexity index is 1430. The Hall–Kier alpha value is -3.52. The number of pyridine rings is 2. The summed E-state index contributed by atoms with van der Waals surface area (Å²) in [5, 5.41) is 13.9. The predicted molar refractivity (Wildman–Crippen MR) is 147 cm³/mol. The molecule has 0 saturated carbocycles. The number of hydrogen-bond donors (Lipinski definition) is 3. The number of morpholine rings is 1. The van der Waals surface area contributed by atoms with Crippen LogP contribution in [0.4, 0.5) is 22.5 Å². The molecule has 4 aromatic heterocycles. The van der Waals surface area contributed by atoms with Gasteiger partial charge in [0.05, 0.1) is 29.7 Å². The molecule has 6 heterocycles. The van der Waals surface area contributed by atoms with Crippen molar-refractivity contribution in [1.82, 2.24) is 19.9 Å². The van der Waals surface area contributed by atoms with E-state index in [4.69, 9.17) is 24.9 Å². The van der Waals surface area contributed by atoms with Crippen molar-refractivity contribution < 1.29 is 19.1 Å². The highest BCUT2D eigenvalue weighted by Crippen LogP contribution is 2.36. The van der Waals surface area contributed by atoms with Crippen LogP contribution in [-0.4, -0.2) is 76.4 Å². The minimum Gasteiger partial charge on any atom is -0.444 e. The van der Waals surface area contributed by atoms with E-state index in [-0.39, 0.29) is 30.1 Å². The van der Waals surface area contributed by atoms with Gasteiger partial charge in [-0.15, -0.1) is 12.4 Å². The Morgan fingerprint density at radius 2 is 1.89 bits per heavy atom. The van der Waals surface area contributed by atoms with Crippen LogP contribution in [0.5, 0.6) is 0 Å². The number of hydrogen-bond acceptors (Lipinski definition) is 12. The van der Waals surface area contributed by atoms with Crippen molar-refractivity contribution >= 4 is 62.5 Å². The number of halogens is 1. The molecule has 12 nitrogen and oxygen atoms in total. The summed E-state index contributed by atoms with van der Waals surface area (Å²) in [6.07, 6.45) is 3.79. The first-order chi connectivity index (χ1) is 18.0. The SMILES string of the molecule is Cl.Nc1cc(-c2nc(C(=O)Nc3cc4sc(N5CCOCC5)nc4nc3N3CCC(O)CC3)co2)ccn1. The molecule has 0 atom stereocenters. The second-order valence-electron chi connectivity index (χ2n) is 8.96. The molecule has 0 radical (unpaired) electrons. The fraction of sp³-hybridized carbons (Fsp3) is 0.375. The van der Waals surface area contributed by atoms with E-state index in [9.17, 15) is 9.90 Å². The van der Waals surface area contributed by atoms with Crippen molar-refractivity contribution in [3.05, 3.63) is 36.4 Å². The quantitative estimate of drug-likeness (QED) is 0.331. The van der Waals surface area contributed by atoms with Crippen LogP contribution in [0.1, 0.15) is 23.3 Å². The molecule has 0 unspecified atom stereocenters. The Morgan fingerprint density at radius 3 is 2.66 bits per heavy atom. The van der Waals surface area contributed by atoms with E-state index in [2.05, 4.69) is 25.1 Å². The second-order valence-corrected chi connectivity index (χ2v) is 9.97. The van der Waals surface area contributed by atoms with Crippen molar-refractivity contribution in [1.29, 1.82) is 0 Å². The summed E-state index contributed by atoms with van der Waals surface area (Å²) in [6.45, 7) is 4.13. The van der Waals surface area contributed by atoms with Gasteiger partial charge in [-0.2, -0.15) is 4.98 Å². The topological polar surface area (TPSA) is 156 Å². The summed E-state index contributed by atoms with van der Waals surface area (Å²) in [7, 11) is 0. The van der Waals surface area contributed by atoms with Gasteiger partial charge in [-0.1, -0.05) is 11.3 Å². The maximum Gasteiger partial charge on any atom is 0.277 e. The zero-order chi connectivity index (χ0) is 25.4. The lowest BCUT2D eigenvalue weighted by molar-refractivity contribution is 0.102. The number of aromatic nitrogens is 4. The molecule has 14 heteroatoms. The Labute approximate surface area is 228 Å². The van der Waals surface area contributed by atoms with Crippen molar-refractivity contribution in [2.45, 2.75) is 18.9 Å². The summed E-state index contributed by atoms with van der Waals surface area (Å²) >= 11 is 1.53. The van der Waals surface area contributed by atoms with Crippen LogP contribution in [0, 0.1) is 0 Å². The van der Waals surface area contributed by atoms with E-state index in [0.29, 0.717) is 67.7 Å². The van der Waals surface area contributed by atoms with Gasteiger partial charge >= 0.3 is 0 Å². The Morgan fingerprint density at radius 1 is 1.11 bits per heavy atom. The van der Waals surface area contributed by atoms with Gasteiger partial charge in [0, 0.05) is 37.9 Å². The number of anilines is 4. The van der Waals surface area contributed by atoms with Gasteiger partial charge in [0.25, 0.3) is 5.91 Å². The average molecular weight is 559 g/mol. The van der Waals surface area contributed by atoms with E-state index in [1.165, 1.54) is 17.6 Å². The molecular formula is C24H27ClN8O4S. The number of piperidine rings is 1. The van der Waals surface area contributed by atoms with Crippen LogP contribution in [0.2, 0.25) is 0 Å². The highest BCUT2D eigenvalue weighted by molar-refractivity contribution is 7.22. The summed E-state index contributed by atoms with van der Waals surface area (Å²) in [5.74, 6) is 0.806. The predicted octanol–water partition coefficient (Wildman–Crippen LogP) is 2.80. The molecule has 38 heavy (non-hydrogen) atoms. The third kappa shape index (κ3) is 5.36. The molecule has 4 N–H and O–H groups in total. The number of carbonyl (C=O) groups excluding carboxylic acids is 1. The molecule has 1 amide bonds. The highest BCUT2D eigenvalue weighted by atomic mass is 35.5. The first kappa shape index (κ1) is 26.1. The van der Waals surface area contributed by atoms with E-state index in [1.54, 1.807) is 18.3 Å². The lowest BCUT2D eigenvalue weighted by Gasteiger charge is -2.31. The fourth-order valence-electron chi connectivity index (χ4n) is 4.42. The molecule has 2 aliphatic heterocycles. The lowest BCUT2D eigenvalue weighted by Crippen LogP contribution is -2.37. The molecule has 4 aromatic rings. The number of ether oxygens (including phenoxy) is 1. The largest absolute Gasteiger partial charge is 0.444 e. The number of nitrogens with one attached hydrogen (secondary N) is 1. The minimum atomic E-state index is -0.422. The molecular weight excluding hydrogens is 532 g/mol. The monoisotopic (exact) mass is 558 g/mol. The van der Waals surface area contributed by atoms with E-state index in [0.717, 1.165) is 22.9 Å². The van der Waals surface area contributed by atoms with Crippen LogP contribution in [0.3, 0.4) is 0 Å². The third-order valence-corrected chi connectivity index (χ3v) is 7.46. The highest BCUT2D eigenvalue weighted by Gasteiger charge is 2.25. The Kier molecular flexibility index (Phi) is 7.61. The van der Waals surface area contributed by atoms with Crippen molar-refractivity contribution in [3.8, 4) is 11.5 Å². The number of nitrogen functional groups attached to an aromatic ring is 1. The molecule has 0 spiro atoms. The second kappa shape index (κ2) is 11.1. The fourth-order valence-corrected chi connectivity index (χ4v) is 5.42. The van der Waals surface area contributed by atoms with Crippen LogP contribution in [0.15, 0.2) is 35.1 Å². The van der Waals surface area contributed by atoms with Crippen LogP contribution < -0.4 is 20.9 Å². The summed E-state index contributed by atoms with van der Waals surface area (Å²) in [4.78, 5) is 35.4. The molecule has 0 bridgehead atoms. The maximum absolute atomic E-state index is 13.2. The standard InChI is InChI=1S/C24H26N8O4S.ClH/c25-19-11-14(1-4-26-19)23-28-17(13-36-23)22(34)27-16-12-18-20(29-21(16)31-5-2-15(33)3-6-31)30-24(37-18)32-7-9-35-10-8-32;/h1,4,11-13,15,33H,2-3,5-10H2,(H2,25,26)(H,27,34);1H. The van der Waals surface area contributed by atoms with Gasteiger partial charge in [-0.3, -0.25) is 4.79 Å². The van der Waals surface area contributed by atoms with Gasteiger partial charge in [0.15, 0.2) is 22.3 Å². The summed E-state index contributed by atoms with van der Waals surface area (Å²) < 4.78 is 11.9. The maximum atomic E-state index is 13.2. The molecule has 200 valence electrons. The van der Waals surface area contributed by atoms with Gasteiger partial charge < -0.3 is 35.1 Å². The van der Waals surface area contributed by atoms with Crippen LogP contribution in [0.25, 0.3) is 21.8 Å². The smallest absolute Gasteiger partial charge is 0.277 e. The number of thiazole rings is 1. The van der Waals surface area contributed by atoms with Crippen molar-refractivity contribution in [2.24, 2.45) is 0 Å². The van der Waals surface area contributed by atoms with Gasteiger partial charge in [-0.05, 0) is 31.0 Å². The normalized spacial score (nSPS) is 16.4. The summed E-state index contributed by atoms with van der Waals surface area (Å²) in [5.41, 5.74) is 7.70. The number of rotatable bonds is 5. The number of oxazole rings is 1. The van der Waals surface area contributed by atoms with E-state index in [1.807, 2.05) is 6.07 Å². The van der Waals surface area contributed by atoms with E-state index >= 15 is 0 Å². The molecule has 0 aromatic carbocycles. The number of fused-ring (bicyclic) bond motifs is 1. The lowest BCUT2D eigenvalue weighted by atomic mass is 10.1. The van der Waals surface area contributed by atoms with Crippen molar-refractivity contribution in [3.63, 3.8) is 0 Å². The number of aliphatic hydroxyl groups excluding tert-OH is 1. The molecule has 2 fully saturated rings. The number of amides is 1. The number of aliphatic hydroxyl groups is 1. The molecule has 2 aliphatic rings. The van der Waals surface area contributed by atoms with Gasteiger partial charge in [0.1, 0.15) is 12.1 Å². The number of carbonyl (C=O) groups is 1. The average Bonchev–Trinajstić information content (AvgIpc) is 3.57. The first-order valence-corrected chi connectivity index (χ1v) is 12.9. The van der Waals surface area contributed by atoms with Crippen molar-refractivity contribution in [2.75, 3.05) is 60.2 Å². The van der Waals surface area contributed by atoms with Gasteiger partial charge in [0.2, 0.25) is 5.89 Å². The van der Waals surface area contributed by atoms with Gasteiger partial charge in [-0.25, -0.2) is 15.0 Å². The first-order valence-electron chi connectivity index (χ1n) is 12.1. The summed E-state index contributed by atoms with van der Waals surface area (Å²) in [6, 6.07) is 5.25. The molecule has 0 aliphatic carbocycles. The third-order valence-electron chi connectivity index (χ3n) is 6.41.